The van der Waals surface area contributed by atoms with Gasteiger partial charge in [-0.25, -0.2) is 0 Å². The minimum Gasteiger partial charge on any atom is -0.454 e. The van der Waals surface area contributed by atoms with Gasteiger partial charge in [0.1, 0.15) is 5.58 Å². The van der Waals surface area contributed by atoms with Gasteiger partial charge in [-0.2, -0.15) is 0 Å². The van der Waals surface area contributed by atoms with E-state index < -0.39 is 147 Å². The van der Waals surface area contributed by atoms with Crippen LogP contribution >= 0.6 is 0 Å². The van der Waals surface area contributed by atoms with Crippen molar-refractivity contribution in [1.29, 1.82) is 0 Å². The van der Waals surface area contributed by atoms with Crippen LogP contribution in [0.25, 0.3) is 44.2 Å². The highest BCUT2D eigenvalue weighted by atomic mass is 16.3. The van der Waals surface area contributed by atoms with Gasteiger partial charge in [0.05, 0.1) is 39.8 Å². The van der Waals surface area contributed by atoms with Gasteiger partial charge < -0.3 is 9.32 Å². The van der Waals surface area contributed by atoms with Crippen LogP contribution in [0.4, 0.5) is 17.1 Å². The Balaban J connectivity index is 1.25. The Morgan fingerprint density at radius 1 is 0.375 bits per heavy atom. The Kier molecular flexibility index (Phi) is 5.16. The van der Waals surface area contributed by atoms with Gasteiger partial charge in [0.2, 0.25) is 0 Å². The van der Waals surface area contributed by atoms with E-state index in [-0.39, 0.29) is 17.0 Å². The van der Waals surface area contributed by atoms with Crippen molar-refractivity contribution >= 4 is 39.0 Å². The van der Waals surface area contributed by atoms with Crippen molar-refractivity contribution < 1.29 is 27.7 Å². The summed E-state index contributed by atoms with van der Waals surface area (Å²) in [6.07, 6.45) is 0. The summed E-state index contributed by atoms with van der Waals surface area (Å²) in [6, 6.07) is 31.3. The van der Waals surface area contributed by atoms with Crippen LogP contribution in [0.1, 0.15) is 67.8 Å². The summed E-state index contributed by atoms with van der Waals surface area (Å²) >= 11 is 0. The number of anilines is 3. The first-order valence-corrected chi connectivity index (χ1v) is 20.8. The molecule has 2 nitrogen and oxygen atoms in total. The number of rotatable bonds is 7. The molecule has 0 atom stereocenters. The van der Waals surface area contributed by atoms with Crippen molar-refractivity contribution in [2.75, 3.05) is 4.90 Å². The first-order chi connectivity index (χ1) is 38.8. The third kappa shape index (κ3) is 5.02. The fraction of sp³-hybridized carbons (Fsp3) is 0.0323. The molecule has 2 heteroatoms. The van der Waals surface area contributed by atoms with Crippen LogP contribution in [0.15, 0.2) is 253 Å². The zero-order valence-corrected chi connectivity index (χ0v) is 33.7. The Labute approximate surface area is 396 Å². The highest BCUT2D eigenvalue weighted by Crippen LogP contribution is 2.60. The van der Waals surface area contributed by atoms with E-state index in [4.69, 9.17) is 15.4 Å². The third-order valence-electron chi connectivity index (χ3n) is 12.8. The number of para-hydroxylation sites is 2. The van der Waals surface area contributed by atoms with Crippen molar-refractivity contribution in [3.05, 3.63) is 293 Å². The molecular formula is C62H41NO. The van der Waals surface area contributed by atoms with Gasteiger partial charge in [-0.1, -0.05) is 212 Å². The molecule has 1 aromatic heterocycles. The maximum absolute atomic E-state index is 11.0. The average molecular weight is 833 g/mol. The lowest BCUT2D eigenvalue weighted by molar-refractivity contribution is 0.669. The van der Waals surface area contributed by atoms with Gasteiger partial charge in [0.15, 0.2) is 5.58 Å². The van der Waals surface area contributed by atoms with Crippen LogP contribution in [0, 0.1) is 0 Å². The van der Waals surface area contributed by atoms with Crippen LogP contribution in [-0.2, 0) is 10.8 Å². The minimum atomic E-state index is -3.01. The lowest BCUT2D eigenvalue weighted by Gasteiger charge is -2.36. The van der Waals surface area contributed by atoms with Gasteiger partial charge in [-0.05, 0) is 103 Å². The molecule has 0 saturated heterocycles. The summed E-state index contributed by atoms with van der Waals surface area (Å²) in [7, 11) is 0. The zero-order valence-electron chi connectivity index (χ0n) is 50.7. The third-order valence-corrected chi connectivity index (χ3v) is 12.8. The summed E-state index contributed by atoms with van der Waals surface area (Å²) < 4.78 is 168. The van der Waals surface area contributed by atoms with Crippen LogP contribution in [0.3, 0.4) is 0 Å². The highest BCUT2D eigenvalue weighted by molar-refractivity contribution is 6.10. The lowest BCUT2D eigenvalue weighted by atomic mass is 9.67. The molecule has 0 amide bonds. The van der Waals surface area contributed by atoms with E-state index >= 15 is 0 Å². The number of hydrogen-bond donors (Lipinski definition) is 0. The van der Waals surface area contributed by atoms with Crippen molar-refractivity contribution in [1.82, 2.24) is 0 Å². The molecule has 0 aliphatic heterocycles. The summed E-state index contributed by atoms with van der Waals surface area (Å²) in [5, 5.41) is 1.34. The highest BCUT2D eigenvalue weighted by Gasteiger charge is 2.48. The van der Waals surface area contributed by atoms with Crippen LogP contribution in [-0.4, -0.2) is 0 Å². The second-order valence-corrected chi connectivity index (χ2v) is 15.8. The Morgan fingerprint density at radius 3 is 1.72 bits per heavy atom. The molecule has 11 aromatic rings. The molecule has 0 bridgehead atoms. The second-order valence-electron chi connectivity index (χ2n) is 15.8. The van der Waals surface area contributed by atoms with Crippen molar-refractivity contribution in [2.45, 2.75) is 10.8 Å². The molecule has 0 N–H and O–H groups in total. The van der Waals surface area contributed by atoms with Crippen molar-refractivity contribution in [2.24, 2.45) is 0 Å². The largest absolute Gasteiger partial charge is 0.454 e. The summed E-state index contributed by atoms with van der Waals surface area (Å²) in [5.74, 6) is 0. The SMILES string of the molecule is [2H]c1c([2H])c([2H])c(C2(c3c([2H])c([2H])c([2H])c([2H])c3[2H])c3c([2H])c([2H])c([2H])c([2H])c3-c3c([2H])c([2H])c(N(c4ccc5c(c4)C(c4ccccc4)(c4ccccc4)c4ccccc4-5)c4cccc5c4oc4ccccc45)c([2H])c32)c([2H])c1[2H]. The molecule has 1 heterocycles. The molecule has 13 rings (SSSR count). The average Bonchev–Trinajstić information content (AvgIpc) is 2.93. The van der Waals surface area contributed by atoms with Gasteiger partial charge in [-0.3, -0.25) is 0 Å². The topological polar surface area (TPSA) is 16.4 Å². The monoisotopic (exact) mass is 832 g/mol. The molecular weight excluding hydrogens is 775 g/mol. The van der Waals surface area contributed by atoms with E-state index in [0.29, 0.717) is 16.7 Å². The van der Waals surface area contributed by atoms with Crippen molar-refractivity contribution in [3.63, 3.8) is 0 Å². The Hall–Kier alpha value is -8.20. The smallest absolute Gasteiger partial charge is 0.159 e. The van der Waals surface area contributed by atoms with Crippen LogP contribution in [0.2, 0.25) is 0 Å². The van der Waals surface area contributed by atoms with Crippen LogP contribution < -0.4 is 4.90 Å². The maximum Gasteiger partial charge on any atom is 0.159 e. The minimum absolute atomic E-state index is 0.238. The molecule has 0 fully saturated rings. The molecule has 0 saturated carbocycles. The molecule has 2 aliphatic carbocycles. The fourth-order valence-corrected chi connectivity index (χ4v) is 10.3. The molecule has 10 aromatic carbocycles. The summed E-state index contributed by atoms with van der Waals surface area (Å²) in [5.41, 5.74) is -1.60. The maximum atomic E-state index is 11.0. The van der Waals surface area contributed by atoms with Crippen LogP contribution in [0.5, 0.6) is 0 Å². The molecule has 0 unspecified atom stereocenters. The number of benzene rings is 10. The first kappa shape index (κ1) is 23.3. The van der Waals surface area contributed by atoms with Gasteiger partial charge in [-0.15, -0.1) is 0 Å². The number of furan rings is 1. The normalized spacial score (nSPS) is 17.6. The van der Waals surface area contributed by atoms with E-state index in [2.05, 4.69) is 30.3 Å². The number of hydrogen-bond acceptors (Lipinski definition) is 2. The molecule has 2 aliphatic rings. The van der Waals surface area contributed by atoms with Gasteiger partial charge in [0, 0.05) is 22.1 Å². The second kappa shape index (κ2) is 14.2. The summed E-state index contributed by atoms with van der Waals surface area (Å²) in [4.78, 5) is 1.56. The van der Waals surface area contributed by atoms with Crippen molar-refractivity contribution in [3.8, 4) is 22.3 Å². The van der Waals surface area contributed by atoms with Gasteiger partial charge in [0.25, 0.3) is 0 Å². The van der Waals surface area contributed by atoms with Gasteiger partial charge >= 0.3 is 0 Å². The number of nitrogens with zero attached hydrogens (tertiary/aromatic N) is 1. The lowest BCUT2D eigenvalue weighted by Crippen LogP contribution is -2.29. The predicted octanol–water partition coefficient (Wildman–Crippen LogP) is 15.8. The van der Waals surface area contributed by atoms with E-state index in [1.165, 1.54) is 0 Å². The zero-order chi connectivity index (χ0) is 57.0. The van der Waals surface area contributed by atoms with E-state index in [9.17, 15) is 12.3 Å². The Morgan fingerprint density at radius 2 is 0.969 bits per heavy atom. The standard InChI is InChI=1S/C62H41NO/c1-5-20-42(21-6-1)61(43-22-7-2-8-23-43)54-32-16-13-28-48(54)50-38-36-46(40-56(50)61)63(58-34-19-31-53-52-30-15-18-35-59(52)64-60(53)58)47-37-39-51-49-29-14-17-33-55(49)62(57(51)41-47,44-24-9-3-10-25-44)45-26-11-4-12-27-45/h1-41H/i1D,2D,5D,6D,7D,8D,13D,16D,20D,21D,22D,23D,28D,32D,36D,38D,40D. The number of fused-ring (bicyclic) bond motifs is 9. The van der Waals surface area contributed by atoms with E-state index in [1.54, 1.807) is 29.2 Å². The van der Waals surface area contributed by atoms with E-state index in [1.807, 2.05) is 91.0 Å². The summed E-state index contributed by atoms with van der Waals surface area (Å²) in [6.45, 7) is 0. The molecule has 64 heavy (non-hydrogen) atoms. The molecule has 0 radical (unpaired) electrons. The fourth-order valence-electron chi connectivity index (χ4n) is 10.3. The molecule has 300 valence electrons. The molecule has 0 spiro atoms. The first-order valence-electron chi connectivity index (χ1n) is 29.3. The predicted molar refractivity (Wildman–Crippen MR) is 263 cm³/mol. The van der Waals surface area contributed by atoms with E-state index in [0.717, 1.165) is 38.8 Å². The Bertz CT molecular complexity index is 4410. The quantitative estimate of drug-likeness (QED) is 0.159.